The molecule has 0 saturated heterocycles. The topological polar surface area (TPSA) is 86.1 Å². The lowest BCUT2D eigenvalue weighted by Gasteiger charge is -2.06. The lowest BCUT2D eigenvalue weighted by Crippen LogP contribution is -2.28. The summed E-state index contributed by atoms with van der Waals surface area (Å²) in [5.41, 5.74) is 5.23. The molecule has 0 unspecified atom stereocenters. The van der Waals surface area contributed by atoms with Crippen LogP contribution < -0.4 is 5.32 Å². The van der Waals surface area contributed by atoms with Crippen molar-refractivity contribution in [3.8, 4) is 16.9 Å². The highest BCUT2D eigenvalue weighted by Crippen LogP contribution is 2.24. The molecule has 4 rings (SSSR count). The molecule has 0 aliphatic heterocycles. The van der Waals surface area contributed by atoms with E-state index in [1.807, 2.05) is 79.9 Å². The van der Waals surface area contributed by atoms with E-state index in [9.17, 15) is 9.59 Å². The lowest BCUT2D eigenvalue weighted by atomic mass is 10.1. The zero-order chi connectivity index (χ0) is 23.8. The lowest BCUT2D eigenvalue weighted by molar-refractivity contribution is -0.143. The van der Waals surface area contributed by atoms with Gasteiger partial charge in [-0.15, -0.1) is 0 Å². The standard InChI is InChI=1S/C27H24N4O3/c1-20-9-11-21(12-10-20)16-29-25(32)19-34-26(33)14-13-23-18-31(24-7-3-2-4-8-24)30-27(23)22-6-5-15-28-17-22/h2-15,17-18H,16,19H2,1H3,(H,29,32)/b14-13+. The molecule has 0 radical (unpaired) electrons. The van der Waals surface area contributed by atoms with Crippen LogP contribution in [0.1, 0.15) is 16.7 Å². The third-order valence-corrected chi connectivity index (χ3v) is 5.05. The van der Waals surface area contributed by atoms with Gasteiger partial charge in [-0.05, 0) is 42.8 Å². The van der Waals surface area contributed by atoms with Crippen LogP contribution in [0, 0.1) is 6.92 Å². The van der Waals surface area contributed by atoms with Crippen LogP contribution in [0.15, 0.2) is 91.4 Å². The third-order valence-electron chi connectivity index (χ3n) is 5.05. The molecule has 1 N–H and O–H groups in total. The van der Waals surface area contributed by atoms with Crippen molar-refractivity contribution >= 4 is 18.0 Å². The van der Waals surface area contributed by atoms with Gasteiger partial charge in [-0.1, -0.05) is 48.0 Å². The molecule has 0 fully saturated rings. The van der Waals surface area contributed by atoms with E-state index in [1.165, 1.54) is 6.08 Å². The molecular formula is C27H24N4O3. The molecule has 2 aromatic carbocycles. The molecule has 0 aliphatic carbocycles. The van der Waals surface area contributed by atoms with Gasteiger partial charge in [0, 0.05) is 42.3 Å². The monoisotopic (exact) mass is 452 g/mol. The normalized spacial score (nSPS) is 10.9. The summed E-state index contributed by atoms with van der Waals surface area (Å²) in [6.07, 6.45) is 8.15. The van der Waals surface area contributed by atoms with E-state index in [4.69, 9.17) is 4.74 Å². The van der Waals surface area contributed by atoms with Crippen molar-refractivity contribution in [1.82, 2.24) is 20.1 Å². The van der Waals surface area contributed by atoms with Crippen molar-refractivity contribution < 1.29 is 14.3 Å². The van der Waals surface area contributed by atoms with Gasteiger partial charge in [-0.25, -0.2) is 9.48 Å². The maximum atomic E-state index is 12.2. The minimum absolute atomic E-state index is 0.353. The highest BCUT2D eigenvalue weighted by Gasteiger charge is 2.12. The number of nitrogens with zero attached hydrogens (tertiary/aromatic N) is 3. The van der Waals surface area contributed by atoms with Crippen LogP contribution in [0.25, 0.3) is 23.0 Å². The average molecular weight is 453 g/mol. The van der Waals surface area contributed by atoms with Crippen LogP contribution in [0.2, 0.25) is 0 Å². The summed E-state index contributed by atoms with van der Waals surface area (Å²) in [5, 5.41) is 7.41. The van der Waals surface area contributed by atoms with Gasteiger partial charge in [0.25, 0.3) is 5.91 Å². The number of carbonyl (C=O) groups excluding carboxylic acids is 2. The molecule has 0 aliphatic rings. The number of rotatable bonds is 8. The second-order valence-corrected chi connectivity index (χ2v) is 7.66. The van der Waals surface area contributed by atoms with Crippen LogP contribution in [-0.4, -0.2) is 33.2 Å². The van der Waals surface area contributed by atoms with E-state index >= 15 is 0 Å². The fourth-order valence-corrected chi connectivity index (χ4v) is 3.25. The number of aryl methyl sites for hydroxylation is 1. The quantitative estimate of drug-likeness (QED) is 0.321. The van der Waals surface area contributed by atoms with Crippen LogP contribution >= 0.6 is 0 Å². The summed E-state index contributed by atoms with van der Waals surface area (Å²) in [7, 11) is 0. The van der Waals surface area contributed by atoms with E-state index in [-0.39, 0.29) is 12.5 Å². The summed E-state index contributed by atoms with van der Waals surface area (Å²) < 4.78 is 6.83. The summed E-state index contributed by atoms with van der Waals surface area (Å²) >= 11 is 0. The predicted octanol–water partition coefficient (Wildman–Crippen LogP) is 4.12. The molecule has 2 aromatic heterocycles. The number of nitrogens with one attached hydrogen (secondary N) is 1. The predicted molar refractivity (Wildman–Crippen MR) is 130 cm³/mol. The van der Waals surface area contributed by atoms with Crippen LogP contribution in [-0.2, 0) is 20.9 Å². The summed E-state index contributed by atoms with van der Waals surface area (Å²) in [5.74, 6) is -0.981. The van der Waals surface area contributed by atoms with E-state index in [0.717, 1.165) is 27.9 Å². The van der Waals surface area contributed by atoms with Crippen molar-refractivity contribution in [3.63, 3.8) is 0 Å². The number of pyridine rings is 1. The zero-order valence-electron chi connectivity index (χ0n) is 18.7. The highest BCUT2D eigenvalue weighted by atomic mass is 16.5. The first-order valence-corrected chi connectivity index (χ1v) is 10.8. The molecule has 1 amide bonds. The van der Waals surface area contributed by atoms with Gasteiger partial charge in [0.1, 0.15) is 5.69 Å². The van der Waals surface area contributed by atoms with Crippen molar-refractivity contribution in [1.29, 1.82) is 0 Å². The Kier molecular flexibility index (Phi) is 7.25. The number of hydrogen-bond acceptors (Lipinski definition) is 5. The molecule has 7 nitrogen and oxygen atoms in total. The van der Waals surface area contributed by atoms with Gasteiger partial charge >= 0.3 is 5.97 Å². The van der Waals surface area contributed by atoms with E-state index in [1.54, 1.807) is 23.2 Å². The van der Waals surface area contributed by atoms with Gasteiger partial charge in [0.15, 0.2) is 6.61 Å². The first-order valence-electron chi connectivity index (χ1n) is 10.8. The minimum Gasteiger partial charge on any atom is -0.452 e. The van der Waals surface area contributed by atoms with Crippen LogP contribution in [0.5, 0.6) is 0 Å². The van der Waals surface area contributed by atoms with Crippen molar-refractivity contribution in [2.24, 2.45) is 0 Å². The van der Waals surface area contributed by atoms with Gasteiger partial charge in [0.2, 0.25) is 0 Å². The molecule has 7 heteroatoms. The summed E-state index contributed by atoms with van der Waals surface area (Å²) in [4.78, 5) is 28.4. The number of amides is 1. The Labute approximate surface area is 197 Å². The van der Waals surface area contributed by atoms with Crippen molar-refractivity contribution in [2.75, 3.05) is 6.61 Å². The molecule has 2 heterocycles. The Balaban J connectivity index is 1.40. The first-order chi connectivity index (χ1) is 16.6. The summed E-state index contributed by atoms with van der Waals surface area (Å²) in [6, 6.07) is 21.2. The van der Waals surface area contributed by atoms with Crippen molar-refractivity contribution in [3.05, 3.63) is 108 Å². The van der Waals surface area contributed by atoms with Crippen LogP contribution in [0.3, 0.4) is 0 Å². The number of hydrogen-bond donors (Lipinski definition) is 1. The summed E-state index contributed by atoms with van der Waals surface area (Å²) in [6.45, 7) is 2.02. The van der Waals surface area contributed by atoms with E-state index in [0.29, 0.717) is 12.2 Å². The average Bonchev–Trinajstić information content (AvgIpc) is 3.31. The molecule has 0 spiro atoms. The Hall–Kier alpha value is -4.52. The van der Waals surface area contributed by atoms with Gasteiger partial charge in [0.05, 0.1) is 5.69 Å². The maximum absolute atomic E-state index is 12.2. The number of benzene rings is 2. The molecule has 0 atom stereocenters. The minimum atomic E-state index is -0.616. The molecule has 0 saturated carbocycles. The molecule has 34 heavy (non-hydrogen) atoms. The molecule has 170 valence electrons. The first kappa shape index (κ1) is 22.7. The smallest absolute Gasteiger partial charge is 0.331 e. The zero-order valence-corrected chi connectivity index (χ0v) is 18.7. The Bertz CT molecular complexity index is 1280. The Morgan fingerprint density at radius 3 is 2.56 bits per heavy atom. The molecule has 0 bridgehead atoms. The number of aromatic nitrogens is 3. The van der Waals surface area contributed by atoms with Crippen molar-refractivity contribution in [2.45, 2.75) is 13.5 Å². The Morgan fingerprint density at radius 1 is 1.03 bits per heavy atom. The number of para-hydroxylation sites is 1. The van der Waals surface area contributed by atoms with Crippen LogP contribution in [0.4, 0.5) is 0 Å². The highest BCUT2D eigenvalue weighted by molar-refractivity contribution is 5.90. The fraction of sp³-hybridized carbons (Fsp3) is 0.111. The van der Waals surface area contributed by atoms with Gasteiger partial charge in [-0.3, -0.25) is 9.78 Å². The largest absolute Gasteiger partial charge is 0.452 e. The second-order valence-electron chi connectivity index (χ2n) is 7.66. The van der Waals surface area contributed by atoms with Gasteiger partial charge in [-0.2, -0.15) is 5.10 Å². The maximum Gasteiger partial charge on any atom is 0.331 e. The number of ether oxygens (including phenoxy) is 1. The fourth-order valence-electron chi connectivity index (χ4n) is 3.25. The second kappa shape index (κ2) is 10.9. The third kappa shape index (κ3) is 6.04. The molecular weight excluding hydrogens is 428 g/mol. The van der Waals surface area contributed by atoms with E-state index in [2.05, 4.69) is 15.4 Å². The number of carbonyl (C=O) groups is 2. The Morgan fingerprint density at radius 2 is 1.82 bits per heavy atom. The molecule has 4 aromatic rings. The van der Waals surface area contributed by atoms with Gasteiger partial charge < -0.3 is 10.1 Å². The number of esters is 1. The SMILES string of the molecule is Cc1ccc(CNC(=O)COC(=O)/C=C/c2cn(-c3ccccc3)nc2-c2cccnc2)cc1. The van der Waals surface area contributed by atoms with E-state index < -0.39 is 5.97 Å².